The van der Waals surface area contributed by atoms with Crippen molar-refractivity contribution in [3.05, 3.63) is 18.7 Å². The van der Waals surface area contributed by atoms with E-state index in [1.165, 1.54) is 32.2 Å². The first-order chi connectivity index (χ1) is 10.8. The predicted octanol–water partition coefficient (Wildman–Crippen LogP) is 2.14. The van der Waals surface area contributed by atoms with Crippen LogP contribution in [0.4, 0.5) is 0 Å². The molecule has 0 aromatic carbocycles. The molecule has 1 aromatic heterocycles. The zero-order valence-corrected chi connectivity index (χ0v) is 13.5. The molecule has 0 atom stereocenters. The summed E-state index contributed by atoms with van der Waals surface area (Å²) in [6.07, 6.45) is 13.7. The maximum absolute atomic E-state index is 12.4. The van der Waals surface area contributed by atoms with Crippen LogP contribution in [0.3, 0.4) is 0 Å². The molecule has 0 radical (unpaired) electrons. The molecule has 1 aromatic rings. The Morgan fingerprint density at radius 1 is 1.09 bits per heavy atom. The van der Waals surface area contributed by atoms with Crippen LogP contribution in [0.25, 0.3) is 0 Å². The van der Waals surface area contributed by atoms with Gasteiger partial charge in [-0.15, -0.1) is 0 Å². The fourth-order valence-electron chi connectivity index (χ4n) is 3.81. The number of carbonyl (C=O) groups is 1. The molecule has 1 aliphatic heterocycles. The summed E-state index contributed by atoms with van der Waals surface area (Å²) in [4.78, 5) is 21.1. The minimum Gasteiger partial charge on any atom is -0.341 e. The molecule has 0 N–H and O–H groups in total. The van der Waals surface area contributed by atoms with Crippen molar-refractivity contribution < 1.29 is 4.79 Å². The summed E-state index contributed by atoms with van der Waals surface area (Å²) < 4.78 is 2.04. The maximum atomic E-state index is 12.4. The van der Waals surface area contributed by atoms with E-state index in [9.17, 15) is 4.79 Å². The Balaban J connectivity index is 1.40. The Labute approximate surface area is 133 Å². The highest BCUT2D eigenvalue weighted by atomic mass is 16.2. The smallest absolute Gasteiger partial charge is 0.222 e. The molecule has 0 bridgehead atoms. The summed E-state index contributed by atoms with van der Waals surface area (Å²) in [5.41, 5.74) is 0. The van der Waals surface area contributed by atoms with Gasteiger partial charge in [0, 0.05) is 57.6 Å². The second kappa shape index (κ2) is 7.77. The molecule has 3 rings (SSSR count). The van der Waals surface area contributed by atoms with Gasteiger partial charge in [-0.3, -0.25) is 9.69 Å². The highest BCUT2D eigenvalue weighted by molar-refractivity contribution is 5.76. The fraction of sp³-hybridized carbons (Fsp3) is 0.765. The van der Waals surface area contributed by atoms with Gasteiger partial charge >= 0.3 is 0 Å². The van der Waals surface area contributed by atoms with Gasteiger partial charge in [-0.25, -0.2) is 4.98 Å². The highest BCUT2D eigenvalue weighted by Crippen LogP contribution is 2.24. The van der Waals surface area contributed by atoms with Gasteiger partial charge in [0.1, 0.15) is 0 Å². The lowest BCUT2D eigenvalue weighted by molar-refractivity contribution is -0.131. The van der Waals surface area contributed by atoms with E-state index >= 15 is 0 Å². The van der Waals surface area contributed by atoms with Crippen LogP contribution in [0.1, 0.15) is 44.9 Å². The second-order valence-corrected chi connectivity index (χ2v) is 6.61. The average molecular weight is 304 g/mol. The Bertz CT molecular complexity index is 453. The fourth-order valence-corrected chi connectivity index (χ4v) is 3.81. The van der Waals surface area contributed by atoms with E-state index in [2.05, 4.69) is 14.8 Å². The van der Waals surface area contributed by atoms with Crippen molar-refractivity contribution in [1.29, 1.82) is 0 Å². The van der Waals surface area contributed by atoms with E-state index in [0.717, 1.165) is 45.1 Å². The molecule has 5 heteroatoms. The molecule has 1 saturated heterocycles. The minimum absolute atomic E-state index is 0.327. The third kappa shape index (κ3) is 4.09. The summed E-state index contributed by atoms with van der Waals surface area (Å²) in [5, 5.41) is 0. The lowest BCUT2D eigenvalue weighted by Crippen LogP contribution is -2.38. The quantitative estimate of drug-likeness (QED) is 0.837. The second-order valence-electron chi connectivity index (χ2n) is 6.61. The van der Waals surface area contributed by atoms with Crippen LogP contribution in [-0.4, -0.2) is 57.5 Å². The zero-order chi connectivity index (χ0) is 15.2. The van der Waals surface area contributed by atoms with Crippen molar-refractivity contribution in [2.75, 3.05) is 26.2 Å². The molecule has 0 spiro atoms. The standard InChI is InChI=1S/C17H28N4O/c22-17(7-3-9-19-12-8-18-15-19)21-11-4-10-20(13-14-21)16-5-1-2-6-16/h8,12,15-16H,1-7,9-11,13-14H2. The monoisotopic (exact) mass is 304 g/mol. The van der Waals surface area contributed by atoms with E-state index in [4.69, 9.17) is 0 Å². The number of hydrogen-bond acceptors (Lipinski definition) is 3. The van der Waals surface area contributed by atoms with Crippen LogP contribution < -0.4 is 0 Å². The summed E-state index contributed by atoms with van der Waals surface area (Å²) in [6, 6.07) is 0.788. The lowest BCUT2D eigenvalue weighted by atomic mass is 10.2. The molecular weight excluding hydrogens is 276 g/mol. The van der Waals surface area contributed by atoms with Gasteiger partial charge in [-0.05, 0) is 25.7 Å². The zero-order valence-electron chi connectivity index (χ0n) is 13.5. The summed E-state index contributed by atoms with van der Waals surface area (Å²) in [6.45, 7) is 4.97. The Morgan fingerprint density at radius 2 is 1.95 bits per heavy atom. The maximum Gasteiger partial charge on any atom is 0.222 e. The van der Waals surface area contributed by atoms with Gasteiger partial charge < -0.3 is 9.47 Å². The number of aromatic nitrogens is 2. The third-order valence-corrected chi connectivity index (χ3v) is 5.09. The van der Waals surface area contributed by atoms with Crippen LogP contribution >= 0.6 is 0 Å². The SMILES string of the molecule is O=C(CCCn1ccnc1)N1CCCN(C2CCCC2)CC1. The summed E-state index contributed by atoms with van der Waals surface area (Å²) in [7, 11) is 0. The average Bonchev–Trinajstić information content (AvgIpc) is 3.18. The molecule has 2 fully saturated rings. The first kappa shape index (κ1) is 15.5. The van der Waals surface area contributed by atoms with Gasteiger partial charge in [-0.1, -0.05) is 12.8 Å². The van der Waals surface area contributed by atoms with Crippen molar-refractivity contribution in [2.45, 2.75) is 57.5 Å². The van der Waals surface area contributed by atoms with E-state index in [-0.39, 0.29) is 0 Å². The van der Waals surface area contributed by atoms with Crippen molar-refractivity contribution in [1.82, 2.24) is 19.4 Å². The molecule has 2 heterocycles. The van der Waals surface area contributed by atoms with Crippen LogP contribution in [0.2, 0.25) is 0 Å². The number of imidazole rings is 1. The lowest BCUT2D eigenvalue weighted by Gasteiger charge is -2.27. The minimum atomic E-state index is 0.327. The number of aryl methyl sites for hydroxylation is 1. The van der Waals surface area contributed by atoms with Crippen molar-refractivity contribution in [3.8, 4) is 0 Å². The Morgan fingerprint density at radius 3 is 2.73 bits per heavy atom. The van der Waals surface area contributed by atoms with Crippen LogP contribution in [0.5, 0.6) is 0 Å². The first-order valence-electron chi connectivity index (χ1n) is 8.80. The molecule has 122 valence electrons. The van der Waals surface area contributed by atoms with Gasteiger partial charge in [0.25, 0.3) is 0 Å². The largest absolute Gasteiger partial charge is 0.341 e. The van der Waals surface area contributed by atoms with Gasteiger partial charge in [0.2, 0.25) is 5.91 Å². The first-order valence-corrected chi connectivity index (χ1v) is 8.80. The molecule has 2 aliphatic rings. The summed E-state index contributed by atoms with van der Waals surface area (Å²) in [5.74, 6) is 0.327. The van der Waals surface area contributed by atoms with E-state index in [1.54, 1.807) is 6.20 Å². The van der Waals surface area contributed by atoms with Gasteiger partial charge in [-0.2, -0.15) is 0 Å². The van der Waals surface area contributed by atoms with Crippen molar-refractivity contribution >= 4 is 5.91 Å². The van der Waals surface area contributed by atoms with Crippen LogP contribution in [-0.2, 0) is 11.3 Å². The van der Waals surface area contributed by atoms with Gasteiger partial charge in [0.05, 0.1) is 6.33 Å². The van der Waals surface area contributed by atoms with E-state index in [1.807, 2.05) is 17.1 Å². The summed E-state index contributed by atoms with van der Waals surface area (Å²) >= 11 is 0. The number of rotatable bonds is 5. The molecule has 1 saturated carbocycles. The topological polar surface area (TPSA) is 41.4 Å². The molecule has 5 nitrogen and oxygen atoms in total. The highest BCUT2D eigenvalue weighted by Gasteiger charge is 2.25. The predicted molar refractivity (Wildman–Crippen MR) is 86.5 cm³/mol. The van der Waals surface area contributed by atoms with Crippen LogP contribution in [0.15, 0.2) is 18.7 Å². The molecule has 0 unspecified atom stereocenters. The number of amides is 1. The molecule has 1 amide bonds. The van der Waals surface area contributed by atoms with Crippen molar-refractivity contribution in [2.24, 2.45) is 0 Å². The van der Waals surface area contributed by atoms with Crippen LogP contribution in [0, 0.1) is 0 Å². The Kier molecular flexibility index (Phi) is 5.48. The molecule has 22 heavy (non-hydrogen) atoms. The Hall–Kier alpha value is -1.36. The number of nitrogens with zero attached hydrogens (tertiary/aromatic N) is 4. The third-order valence-electron chi connectivity index (χ3n) is 5.09. The van der Waals surface area contributed by atoms with E-state index in [0.29, 0.717) is 12.3 Å². The number of carbonyl (C=O) groups excluding carboxylic acids is 1. The number of hydrogen-bond donors (Lipinski definition) is 0. The van der Waals surface area contributed by atoms with Gasteiger partial charge in [0.15, 0.2) is 0 Å². The molecule has 1 aliphatic carbocycles. The van der Waals surface area contributed by atoms with Crippen molar-refractivity contribution in [3.63, 3.8) is 0 Å². The molecular formula is C17H28N4O. The van der Waals surface area contributed by atoms with E-state index < -0.39 is 0 Å². The normalized spacial score (nSPS) is 21.2.